The average molecular weight is 538 g/mol. The van der Waals surface area contributed by atoms with Gasteiger partial charge in [0.25, 0.3) is 0 Å². The van der Waals surface area contributed by atoms with Crippen LogP contribution in [0, 0.1) is 0 Å². The number of nitrogens with one attached hydrogen (secondary N) is 2. The van der Waals surface area contributed by atoms with Crippen molar-refractivity contribution in [2.75, 3.05) is 44.7 Å². The predicted molar refractivity (Wildman–Crippen MR) is 132 cm³/mol. The first-order chi connectivity index (χ1) is 13.2. The molecule has 0 bridgehead atoms. The van der Waals surface area contributed by atoms with E-state index in [2.05, 4.69) is 37.3 Å². The van der Waals surface area contributed by atoms with Crippen molar-refractivity contribution in [3.63, 3.8) is 0 Å². The molecule has 2 N–H and O–H groups in total. The zero-order chi connectivity index (χ0) is 19.0. The van der Waals surface area contributed by atoms with E-state index in [1.54, 1.807) is 0 Å². The highest BCUT2D eigenvalue weighted by molar-refractivity contribution is 14.0. The number of thioether (sulfide) groups is 1. The van der Waals surface area contributed by atoms with Crippen molar-refractivity contribution in [3.05, 3.63) is 29.0 Å². The molecule has 5 nitrogen and oxygen atoms in total. The second-order valence-electron chi connectivity index (χ2n) is 7.48. The highest BCUT2D eigenvalue weighted by Gasteiger charge is 2.38. The topological polar surface area (TPSA) is 52.6 Å². The molecule has 0 unspecified atom stereocenters. The third-order valence-corrected chi connectivity index (χ3v) is 6.94. The molecule has 1 saturated carbocycles. The molecule has 1 saturated heterocycles. The fraction of sp³-hybridized carbons (Fsp3) is 0.700. The van der Waals surface area contributed by atoms with E-state index < -0.39 is 0 Å². The number of rotatable bonds is 6. The monoisotopic (exact) mass is 537 g/mol. The Kier molecular flexibility index (Phi) is 10.7. The van der Waals surface area contributed by atoms with E-state index in [0.29, 0.717) is 10.7 Å². The van der Waals surface area contributed by atoms with Gasteiger partial charge in [-0.2, -0.15) is 11.8 Å². The summed E-state index contributed by atoms with van der Waals surface area (Å²) in [5.41, 5.74) is 1.48. The van der Waals surface area contributed by atoms with Crippen molar-refractivity contribution in [2.45, 2.75) is 44.1 Å². The number of pyridine rings is 1. The van der Waals surface area contributed by atoms with Crippen molar-refractivity contribution >= 4 is 53.3 Å². The van der Waals surface area contributed by atoms with Gasteiger partial charge >= 0.3 is 0 Å². The Bertz CT molecular complexity index is 601. The molecular formula is C20H33ClIN5S. The van der Waals surface area contributed by atoms with Crippen LogP contribution >= 0.6 is 47.3 Å². The van der Waals surface area contributed by atoms with Crippen LogP contribution in [0.15, 0.2) is 23.3 Å². The van der Waals surface area contributed by atoms with Gasteiger partial charge in [0.05, 0.1) is 0 Å². The number of halogens is 2. The van der Waals surface area contributed by atoms with Crippen LogP contribution in [0.3, 0.4) is 0 Å². The van der Waals surface area contributed by atoms with Crippen molar-refractivity contribution < 1.29 is 0 Å². The molecule has 2 aliphatic rings. The van der Waals surface area contributed by atoms with Crippen molar-refractivity contribution in [2.24, 2.45) is 4.99 Å². The molecule has 0 spiro atoms. The van der Waals surface area contributed by atoms with Crippen molar-refractivity contribution in [1.82, 2.24) is 20.5 Å². The lowest BCUT2D eigenvalue weighted by Gasteiger charge is -2.48. The Morgan fingerprint density at radius 3 is 2.61 bits per heavy atom. The molecule has 3 rings (SSSR count). The van der Waals surface area contributed by atoms with Gasteiger partial charge in [0, 0.05) is 56.5 Å². The lowest BCUT2D eigenvalue weighted by molar-refractivity contribution is 0.0626. The molecule has 0 atom stereocenters. The van der Waals surface area contributed by atoms with Gasteiger partial charge in [0.15, 0.2) is 5.96 Å². The number of nitrogens with zero attached hydrogens (tertiary/aromatic N) is 3. The molecule has 0 aromatic carbocycles. The predicted octanol–water partition coefficient (Wildman–Crippen LogP) is 3.81. The largest absolute Gasteiger partial charge is 0.356 e. The van der Waals surface area contributed by atoms with Gasteiger partial charge in [-0.05, 0) is 30.9 Å². The van der Waals surface area contributed by atoms with Gasteiger partial charge in [0.2, 0.25) is 0 Å². The second-order valence-corrected chi connectivity index (χ2v) is 9.09. The maximum absolute atomic E-state index is 5.85. The fourth-order valence-corrected chi connectivity index (χ4v) is 5.22. The maximum atomic E-state index is 5.85. The molecule has 28 heavy (non-hydrogen) atoms. The molecular weight excluding hydrogens is 505 g/mol. The normalized spacial score (nSPS) is 20.3. The molecule has 1 aliphatic carbocycles. The quantitative estimate of drug-likeness (QED) is 0.250. The number of aromatic nitrogens is 1. The third kappa shape index (κ3) is 6.92. The highest BCUT2D eigenvalue weighted by atomic mass is 127. The SMILES string of the molecule is CN=C(NCCc1ccc(Cl)nc1)NCC1(N2CCSCC2)CCCCC1.I. The highest BCUT2D eigenvalue weighted by Crippen LogP contribution is 2.34. The minimum absolute atomic E-state index is 0. The summed E-state index contributed by atoms with van der Waals surface area (Å²) in [5, 5.41) is 7.61. The van der Waals surface area contributed by atoms with Crippen LogP contribution in [0.2, 0.25) is 5.15 Å². The van der Waals surface area contributed by atoms with E-state index in [4.69, 9.17) is 11.6 Å². The molecule has 1 aromatic rings. The summed E-state index contributed by atoms with van der Waals surface area (Å²) >= 11 is 7.94. The Labute approximate surface area is 195 Å². The number of hydrogen-bond donors (Lipinski definition) is 2. The summed E-state index contributed by atoms with van der Waals surface area (Å²) in [7, 11) is 1.85. The molecule has 8 heteroatoms. The lowest BCUT2D eigenvalue weighted by atomic mass is 9.80. The van der Waals surface area contributed by atoms with Crippen LogP contribution in [0.25, 0.3) is 0 Å². The minimum Gasteiger partial charge on any atom is -0.356 e. The van der Waals surface area contributed by atoms with E-state index in [1.807, 2.05) is 25.4 Å². The standard InChI is InChI=1S/C20H32ClN5S.HI/c1-22-19(23-10-7-17-5-6-18(21)24-15-17)25-16-20(8-3-2-4-9-20)26-11-13-27-14-12-26;/h5-6,15H,2-4,7-14,16H2,1H3,(H2,22,23,25);1H. The van der Waals surface area contributed by atoms with Gasteiger partial charge in [-0.1, -0.05) is 36.9 Å². The van der Waals surface area contributed by atoms with E-state index in [1.165, 1.54) is 62.3 Å². The minimum atomic E-state index is 0. The average Bonchev–Trinajstić information content (AvgIpc) is 2.73. The van der Waals surface area contributed by atoms with Crippen LogP contribution in [0.5, 0.6) is 0 Å². The Morgan fingerprint density at radius 1 is 1.21 bits per heavy atom. The molecule has 158 valence electrons. The zero-order valence-corrected chi connectivity index (χ0v) is 20.7. The molecule has 2 fully saturated rings. The summed E-state index contributed by atoms with van der Waals surface area (Å²) in [6, 6.07) is 3.87. The summed E-state index contributed by atoms with van der Waals surface area (Å²) in [6.45, 7) is 4.26. The first-order valence-corrected chi connectivity index (χ1v) is 11.6. The van der Waals surface area contributed by atoms with Gasteiger partial charge in [-0.15, -0.1) is 24.0 Å². The first kappa shape index (κ1) is 24.0. The van der Waals surface area contributed by atoms with Crippen LogP contribution < -0.4 is 10.6 Å². The van der Waals surface area contributed by atoms with Crippen LogP contribution in [-0.4, -0.2) is 66.1 Å². The van der Waals surface area contributed by atoms with Crippen LogP contribution in [-0.2, 0) is 6.42 Å². The third-order valence-electron chi connectivity index (χ3n) is 5.77. The molecule has 0 amide bonds. The van der Waals surface area contributed by atoms with Crippen LogP contribution in [0.1, 0.15) is 37.7 Å². The van der Waals surface area contributed by atoms with Gasteiger partial charge in [0.1, 0.15) is 5.15 Å². The smallest absolute Gasteiger partial charge is 0.191 e. The second kappa shape index (κ2) is 12.4. The number of aliphatic imine (C=N–C) groups is 1. The lowest BCUT2D eigenvalue weighted by Crippen LogP contribution is -2.59. The summed E-state index contributed by atoms with van der Waals surface area (Å²) < 4.78 is 0. The van der Waals surface area contributed by atoms with Gasteiger partial charge < -0.3 is 10.6 Å². The van der Waals surface area contributed by atoms with Crippen molar-refractivity contribution in [1.29, 1.82) is 0 Å². The fourth-order valence-electron chi connectivity index (χ4n) is 4.20. The molecule has 0 radical (unpaired) electrons. The molecule has 1 aromatic heterocycles. The first-order valence-electron chi connectivity index (χ1n) is 10.1. The summed E-state index contributed by atoms with van der Waals surface area (Å²) in [5.74, 6) is 3.43. The molecule has 1 aliphatic heterocycles. The number of guanidine groups is 1. The number of hydrogen-bond acceptors (Lipinski definition) is 4. The van der Waals surface area contributed by atoms with Crippen molar-refractivity contribution in [3.8, 4) is 0 Å². The molecule has 2 heterocycles. The Morgan fingerprint density at radius 2 is 1.96 bits per heavy atom. The van der Waals surface area contributed by atoms with E-state index in [9.17, 15) is 0 Å². The Hall–Kier alpha value is -0.250. The van der Waals surface area contributed by atoms with Crippen LogP contribution in [0.4, 0.5) is 0 Å². The zero-order valence-electron chi connectivity index (χ0n) is 16.8. The van der Waals surface area contributed by atoms with Gasteiger partial charge in [-0.3, -0.25) is 9.89 Å². The van der Waals surface area contributed by atoms with E-state index in [0.717, 1.165) is 25.5 Å². The summed E-state index contributed by atoms with van der Waals surface area (Å²) in [4.78, 5) is 11.3. The summed E-state index contributed by atoms with van der Waals surface area (Å²) in [6.07, 6.45) is 9.43. The Balaban J connectivity index is 0.00000280. The van der Waals surface area contributed by atoms with E-state index >= 15 is 0 Å². The van der Waals surface area contributed by atoms with Gasteiger partial charge in [-0.25, -0.2) is 4.98 Å². The maximum Gasteiger partial charge on any atom is 0.191 e. The van der Waals surface area contributed by atoms with E-state index in [-0.39, 0.29) is 24.0 Å².